The lowest BCUT2D eigenvalue weighted by atomic mass is 9.83. The molecule has 2 saturated heterocycles. The number of hydrogen-bond donors (Lipinski definition) is 1. The Kier molecular flexibility index (Phi) is 8.31. The fourth-order valence-corrected chi connectivity index (χ4v) is 5.44. The van der Waals surface area contributed by atoms with E-state index in [0.29, 0.717) is 43.5 Å². The number of piperidine rings is 2. The largest absolute Gasteiger partial charge is 0.354 e. The summed E-state index contributed by atoms with van der Waals surface area (Å²) in [6.07, 6.45) is 5.46. The number of anilines is 1. The van der Waals surface area contributed by atoms with Gasteiger partial charge in [0.2, 0.25) is 17.8 Å². The van der Waals surface area contributed by atoms with E-state index in [2.05, 4.69) is 20.2 Å². The summed E-state index contributed by atoms with van der Waals surface area (Å²) < 4.78 is 13.9. The zero-order valence-electron chi connectivity index (χ0n) is 20.8. The Labute approximate surface area is 207 Å². The van der Waals surface area contributed by atoms with E-state index in [1.165, 1.54) is 6.07 Å². The summed E-state index contributed by atoms with van der Waals surface area (Å²) in [5.41, 5.74) is 2.26. The van der Waals surface area contributed by atoms with Crippen molar-refractivity contribution in [2.75, 3.05) is 31.5 Å². The molecule has 2 aliphatic rings. The summed E-state index contributed by atoms with van der Waals surface area (Å²) in [6, 6.07) is 8.63. The molecule has 2 amide bonds. The Morgan fingerprint density at radius 1 is 1.00 bits per heavy atom. The summed E-state index contributed by atoms with van der Waals surface area (Å²) >= 11 is 0. The number of carbonyl (C=O) groups excluding carboxylic acids is 2. The SMILES string of the molecule is Cc1cc(C)nc(NCCC(=O)N2CCCCC2C2CCN(C(=O)Cc3ccccc3F)CC2)n1. The molecule has 1 unspecified atom stereocenters. The molecule has 2 aromatic rings. The molecule has 8 heteroatoms. The molecule has 2 aliphatic heterocycles. The third-order valence-corrected chi connectivity index (χ3v) is 7.21. The molecule has 0 saturated carbocycles. The van der Waals surface area contributed by atoms with Crippen LogP contribution in [0.5, 0.6) is 0 Å². The number of aryl methyl sites for hydroxylation is 2. The van der Waals surface area contributed by atoms with Gasteiger partial charge in [-0.15, -0.1) is 0 Å². The van der Waals surface area contributed by atoms with Crippen LogP contribution in [0.2, 0.25) is 0 Å². The Balaban J connectivity index is 1.28. The van der Waals surface area contributed by atoms with Crippen LogP contribution in [0.15, 0.2) is 30.3 Å². The van der Waals surface area contributed by atoms with Gasteiger partial charge >= 0.3 is 0 Å². The third-order valence-electron chi connectivity index (χ3n) is 7.21. The van der Waals surface area contributed by atoms with Crippen LogP contribution in [0.25, 0.3) is 0 Å². The van der Waals surface area contributed by atoms with Crippen LogP contribution in [0.4, 0.5) is 10.3 Å². The van der Waals surface area contributed by atoms with Gasteiger partial charge in [-0.25, -0.2) is 14.4 Å². The van der Waals surface area contributed by atoms with Crippen LogP contribution in [0.1, 0.15) is 55.5 Å². The Morgan fingerprint density at radius 2 is 1.71 bits per heavy atom. The van der Waals surface area contributed by atoms with Crippen LogP contribution in [0.3, 0.4) is 0 Å². The lowest BCUT2D eigenvalue weighted by molar-refractivity contribution is -0.138. The molecule has 2 fully saturated rings. The molecule has 0 aliphatic carbocycles. The summed E-state index contributed by atoms with van der Waals surface area (Å²) in [7, 11) is 0. The van der Waals surface area contributed by atoms with Gasteiger partial charge in [-0.3, -0.25) is 9.59 Å². The lowest BCUT2D eigenvalue weighted by Crippen LogP contribution is -2.51. The minimum Gasteiger partial charge on any atom is -0.354 e. The highest BCUT2D eigenvalue weighted by molar-refractivity contribution is 5.79. The van der Waals surface area contributed by atoms with Crippen molar-refractivity contribution in [1.82, 2.24) is 19.8 Å². The number of aromatic nitrogens is 2. The van der Waals surface area contributed by atoms with Crippen LogP contribution in [-0.2, 0) is 16.0 Å². The van der Waals surface area contributed by atoms with Gasteiger partial charge in [-0.1, -0.05) is 18.2 Å². The van der Waals surface area contributed by atoms with Crippen molar-refractivity contribution in [1.29, 1.82) is 0 Å². The molecular weight excluding hydrogens is 445 g/mol. The van der Waals surface area contributed by atoms with Gasteiger partial charge in [0.15, 0.2) is 0 Å². The number of likely N-dealkylation sites (tertiary alicyclic amines) is 2. The standard InChI is InChI=1S/C27H36FN5O2/c1-19-17-20(2)31-27(30-19)29-13-10-25(34)33-14-6-5-9-24(33)21-11-15-32(16-12-21)26(35)18-22-7-3-4-8-23(22)28/h3-4,7-8,17,21,24H,5-6,9-16,18H2,1-2H3,(H,29,30,31). The number of nitrogens with one attached hydrogen (secondary N) is 1. The summed E-state index contributed by atoms with van der Waals surface area (Å²) in [5.74, 6) is 0.783. The first-order chi connectivity index (χ1) is 16.9. The maximum absolute atomic E-state index is 13.9. The second kappa shape index (κ2) is 11.6. The van der Waals surface area contributed by atoms with Crippen molar-refractivity contribution in [3.63, 3.8) is 0 Å². The van der Waals surface area contributed by atoms with Gasteiger partial charge in [0.05, 0.1) is 6.42 Å². The van der Waals surface area contributed by atoms with E-state index in [-0.39, 0.29) is 30.1 Å². The molecule has 1 N–H and O–H groups in total. The zero-order valence-corrected chi connectivity index (χ0v) is 20.8. The number of rotatable bonds is 7. The van der Waals surface area contributed by atoms with Crippen LogP contribution < -0.4 is 5.32 Å². The van der Waals surface area contributed by atoms with E-state index < -0.39 is 0 Å². The molecule has 188 valence electrons. The van der Waals surface area contributed by atoms with Gasteiger partial charge in [-0.05, 0) is 69.6 Å². The minimum atomic E-state index is -0.328. The van der Waals surface area contributed by atoms with Gasteiger partial charge in [0.1, 0.15) is 5.82 Å². The molecule has 1 atom stereocenters. The number of nitrogens with zero attached hydrogens (tertiary/aromatic N) is 4. The van der Waals surface area contributed by atoms with Crippen LogP contribution in [-0.4, -0.2) is 63.8 Å². The van der Waals surface area contributed by atoms with Crippen LogP contribution in [0, 0.1) is 25.6 Å². The molecule has 0 spiro atoms. The molecule has 3 heterocycles. The first-order valence-corrected chi connectivity index (χ1v) is 12.8. The highest BCUT2D eigenvalue weighted by Gasteiger charge is 2.35. The van der Waals surface area contributed by atoms with Crippen molar-refractivity contribution in [3.05, 3.63) is 53.1 Å². The normalized spacial score (nSPS) is 19.0. The number of halogens is 1. The number of amides is 2. The summed E-state index contributed by atoms with van der Waals surface area (Å²) in [6.45, 7) is 6.51. The van der Waals surface area contributed by atoms with Crippen molar-refractivity contribution in [3.8, 4) is 0 Å². The number of hydrogen-bond acceptors (Lipinski definition) is 5. The van der Waals surface area contributed by atoms with Crippen molar-refractivity contribution < 1.29 is 14.0 Å². The summed E-state index contributed by atoms with van der Waals surface area (Å²) in [4.78, 5) is 38.6. The predicted octanol–water partition coefficient (Wildman–Crippen LogP) is 3.90. The molecule has 35 heavy (non-hydrogen) atoms. The van der Waals surface area contributed by atoms with E-state index in [1.807, 2.05) is 24.8 Å². The fraction of sp³-hybridized carbons (Fsp3) is 0.556. The van der Waals surface area contributed by atoms with E-state index in [0.717, 1.165) is 50.0 Å². The highest BCUT2D eigenvalue weighted by Crippen LogP contribution is 2.31. The molecule has 1 aromatic carbocycles. The van der Waals surface area contributed by atoms with E-state index in [1.54, 1.807) is 18.2 Å². The first-order valence-electron chi connectivity index (χ1n) is 12.8. The Hall–Kier alpha value is -3.03. The topological polar surface area (TPSA) is 78.4 Å². The van der Waals surface area contributed by atoms with Crippen molar-refractivity contribution >= 4 is 17.8 Å². The average Bonchev–Trinajstić information content (AvgIpc) is 2.85. The van der Waals surface area contributed by atoms with E-state index in [9.17, 15) is 14.0 Å². The molecule has 4 rings (SSSR count). The third kappa shape index (κ3) is 6.55. The first kappa shape index (κ1) is 25.1. The molecular formula is C27H36FN5O2. The number of carbonyl (C=O) groups is 2. The number of benzene rings is 1. The van der Waals surface area contributed by atoms with Gasteiger partial charge in [0, 0.05) is 50.0 Å². The minimum absolute atomic E-state index is 0.0233. The maximum atomic E-state index is 13.9. The van der Waals surface area contributed by atoms with Gasteiger partial charge in [0.25, 0.3) is 0 Å². The smallest absolute Gasteiger partial charge is 0.227 e. The second-order valence-electron chi connectivity index (χ2n) is 9.79. The monoisotopic (exact) mass is 481 g/mol. The zero-order chi connectivity index (χ0) is 24.8. The lowest BCUT2D eigenvalue weighted by Gasteiger charge is -2.44. The quantitative estimate of drug-likeness (QED) is 0.649. The van der Waals surface area contributed by atoms with E-state index >= 15 is 0 Å². The van der Waals surface area contributed by atoms with Crippen LogP contribution >= 0.6 is 0 Å². The Morgan fingerprint density at radius 3 is 2.43 bits per heavy atom. The Bertz CT molecular complexity index is 1020. The molecule has 7 nitrogen and oxygen atoms in total. The average molecular weight is 482 g/mol. The second-order valence-corrected chi connectivity index (χ2v) is 9.79. The van der Waals surface area contributed by atoms with Crippen molar-refractivity contribution in [2.45, 2.75) is 64.8 Å². The molecule has 0 radical (unpaired) electrons. The van der Waals surface area contributed by atoms with Gasteiger partial charge in [-0.2, -0.15) is 0 Å². The fourth-order valence-electron chi connectivity index (χ4n) is 5.44. The predicted molar refractivity (Wildman–Crippen MR) is 133 cm³/mol. The maximum Gasteiger partial charge on any atom is 0.227 e. The highest BCUT2D eigenvalue weighted by atomic mass is 19.1. The van der Waals surface area contributed by atoms with Crippen molar-refractivity contribution in [2.24, 2.45) is 5.92 Å². The molecule has 0 bridgehead atoms. The molecule has 1 aromatic heterocycles. The van der Waals surface area contributed by atoms with E-state index in [4.69, 9.17) is 0 Å². The van der Waals surface area contributed by atoms with Gasteiger partial charge < -0.3 is 15.1 Å². The summed E-state index contributed by atoms with van der Waals surface area (Å²) in [5, 5.41) is 3.19.